The smallest absolute Gasteiger partial charge is 0.256 e. The van der Waals surface area contributed by atoms with Crippen molar-refractivity contribution in [3.63, 3.8) is 0 Å². The maximum Gasteiger partial charge on any atom is 0.256 e. The van der Waals surface area contributed by atoms with Crippen LogP contribution in [0.1, 0.15) is 23.2 Å². The van der Waals surface area contributed by atoms with E-state index in [0.717, 1.165) is 46.7 Å². The Labute approximate surface area is 151 Å². The Bertz CT molecular complexity index is 884. The van der Waals surface area contributed by atoms with Gasteiger partial charge in [0.15, 0.2) is 0 Å². The summed E-state index contributed by atoms with van der Waals surface area (Å²) in [6, 6.07) is 15.6. The van der Waals surface area contributed by atoms with Gasteiger partial charge in [0.2, 0.25) is 0 Å². The molecule has 4 nitrogen and oxygen atoms in total. The molecule has 1 aliphatic heterocycles. The van der Waals surface area contributed by atoms with E-state index in [0.29, 0.717) is 11.7 Å². The molecule has 1 amide bonds. The third-order valence-electron chi connectivity index (χ3n) is 4.42. The van der Waals surface area contributed by atoms with Gasteiger partial charge in [-0.05, 0) is 43.2 Å². The van der Waals surface area contributed by atoms with Gasteiger partial charge in [-0.25, -0.2) is 0 Å². The van der Waals surface area contributed by atoms with Crippen molar-refractivity contribution in [3.05, 3.63) is 60.3 Å². The number of hydrogen-bond acceptors (Lipinski definition) is 3. The van der Waals surface area contributed by atoms with E-state index < -0.39 is 0 Å². The first-order chi connectivity index (χ1) is 12.3. The minimum absolute atomic E-state index is 0.0795. The van der Waals surface area contributed by atoms with Crippen molar-refractivity contribution >= 4 is 34.3 Å². The van der Waals surface area contributed by atoms with Crippen molar-refractivity contribution in [3.8, 4) is 0 Å². The number of ether oxygens (including phenoxy) is 1. The van der Waals surface area contributed by atoms with Gasteiger partial charge in [-0.15, -0.1) is 11.8 Å². The lowest BCUT2D eigenvalue weighted by Crippen LogP contribution is -2.14. The first kappa shape index (κ1) is 16.2. The number of aromatic nitrogens is 1. The number of anilines is 1. The number of thioether (sulfide) groups is 1. The van der Waals surface area contributed by atoms with Gasteiger partial charge in [-0.2, -0.15) is 0 Å². The highest BCUT2D eigenvalue weighted by Crippen LogP contribution is 2.28. The number of rotatable bonds is 5. The summed E-state index contributed by atoms with van der Waals surface area (Å²) >= 11 is 1.70. The van der Waals surface area contributed by atoms with Crippen LogP contribution in [0.5, 0.6) is 0 Å². The standard InChI is InChI=1S/C20H20N2O2S/c23-20(22-18-8-3-7-17-15(18)10-11-21-17)16-6-1-2-9-19(16)25-13-14-5-4-12-24-14/h1-3,6-11,14,21H,4-5,12-13H2,(H,22,23). The molecule has 0 aliphatic carbocycles. The van der Waals surface area contributed by atoms with Gasteiger partial charge in [0, 0.05) is 34.4 Å². The summed E-state index contributed by atoms with van der Waals surface area (Å²) in [5.41, 5.74) is 2.54. The lowest BCUT2D eigenvalue weighted by atomic mass is 10.2. The fourth-order valence-electron chi connectivity index (χ4n) is 3.12. The lowest BCUT2D eigenvalue weighted by Gasteiger charge is -2.13. The predicted molar refractivity (Wildman–Crippen MR) is 102 cm³/mol. The molecule has 1 fully saturated rings. The number of amides is 1. The number of carbonyl (C=O) groups excluding carboxylic acids is 1. The van der Waals surface area contributed by atoms with Crippen molar-refractivity contribution in [2.75, 3.05) is 17.7 Å². The predicted octanol–water partition coefficient (Wildman–Crippen LogP) is 4.69. The van der Waals surface area contributed by atoms with Gasteiger partial charge in [-0.1, -0.05) is 18.2 Å². The van der Waals surface area contributed by atoms with E-state index >= 15 is 0 Å². The molecule has 1 saturated heterocycles. The minimum atomic E-state index is -0.0795. The van der Waals surface area contributed by atoms with Gasteiger partial charge in [0.05, 0.1) is 17.4 Å². The van der Waals surface area contributed by atoms with Gasteiger partial charge in [0.25, 0.3) is 5.91 Å². The Morgan fingerprint density at radius 1 is 1.20 bits per heavy atom. The third kappa shape index (κ3) is 3.57. The highest BCUT2D eigenvalue weighted by atomic mass is 32.2. The molecule has 1 aromatic heterocycles. The molecule has 2 N–H and O–H groups in total. The third-order valence-corrected chi connectivity index (χ3v) is 5.63. The molecule has 128 valence electrons. The van der Waals surface area contributed by atoms with Crippen LogP contribution in [0.2, 0.25) is 0 Å². The normalized spacial score (nSPS) is 17.0. The average Bonchev–Trinajstić information content (AvgIpc) is 3.32. The van der Waals surface area contributed by atoms with Crippen LogP contribution < -0.4 is 5.32 Å². The maximum atomic E-state index is 12.8. The Balaban J connectivity index is 1.52. The van der Waals surface area contributed by atoms with Crippen LogP contribution in [0.25, 0.3) is 10.9 Å². The highest BCUT2D eigenvalue weighted by Gasteiger charge is 2.18. The van der Waals surface area contributed by atoms with E-state index in [2.05, 4.69) is 10.3 Å². The zero-order valence-electron chi connectivity index (χ0n) is 13.8. The zero-order chi connectivity index (χ0) is 17.1. The Kier molecular flexibility index (Phi) is 4.76. The summed E-state index contributed by atoms with van der Waals surface area (Å²) in [7, 11) is 0. The van der Waals surface area contributed by atoms with Crippen LogP contribution in [-0.4, -0.2) is 29.4 Å². The molecule has 1 atom stereocenters. The van der Waals surface area contributed by atoms with Gasteiger partial charge in [-0.3, -0.25) is 4.79 Å². The summed E-state index contributed by atoms with van der Waals surface area (Å²) in [6.45, 7) is 0.855. The van der Waals surface area contributed by atoms with Gasteiger partial charge >= 0.3 is 0 Å². The number of fused-ring (bicyclic) bond motifs is 1. The maximum absolute atomic E-state index is 12.8. The summed E-state index contributed by atoms with van der Waals surface area (Å²) in [5, 5.41) is 4.07. The molecular formula is C20H20N2O2S. The number of nitrogens with one attached hydrogen (secondary N) is 2. The van der Waals surface area contributed by atoms with Gasteiger partial charge < -0.3 is 15.0 Å². The monoisotopic (exact) mass is 352 g/mol. The van der Waals surface area contributed by atoms with Crippen molar-refractivity contribution in [1.29, 1.82) is 0 Å². The van der Waals surface area contributed by atoms with Crippen molar-refractivity contribution in [1.82, 2.24) is 4.98 Å². The second-order valence-electron chi connectivity index (χ2n) is 6.14. The van der Waals surface area contributed by atoms with Crippen molar-refractivity contribution < 1.29 is 9.53 Å². The molecule has 1 unspecified atom stereocenters. The Morgan fingerprint density at radius 2 is 2.12 bits per heavy atom. The van der Waals surface area contributed by atoms with E-state index in [1.807, 2.05) is 54.7 Å². The van der Waals surface area contributed by atoms with E-state index in [-0.39, 0.29) is 5.91 Å². The van der Waals surface area contributed by atoms with E-state index in [1.54, 1.807) is 11.8 Å². The van der Waals surface area contributed by atoms with Gasteiger partial charge in [0.1, 0.15) is 0 Å². The SMILES string of the molecule is O=C(Nc1cccc2[nH]ccc12)c1ccccc1SCC1CCCO1. The summed E-state index contributed by atoms with van der Waals surface area (Å²) in [5.74, 6) is 0.807. The van der Waals surface area contributed by atoms with Crippen molar-refractivity contribution in [2.24, 2.45) is 0 Å². The first-order valence-electron chi connectivity index (χ1n) is 8.52. The fraction of sp³-hybridized carbons (Fsp3) is 0.250. The second-order valence-corrected chi connectivity index (χ2v) is 7.20. The van der Waals surface area contributed by atoms with E-state index in [4.69, 9.17) is 4.74 Å². The Morgan fingerprint density at radius 3 is 3.00 bits per heavy atom. The largest absolute Gasteiger partial charge is 0.377 e. The molecule has 1 aliphatic rings. The summed E-state index contributed by atoms with van der Waals surface area (Å²) in [6.07, 6.45) is 4.42. The molecule has 0 saturated carbocycles. The number of benzene rings is 2. The highest BCUT2D eigenvalue weighted by molar-refractivity contribution is 7.99. The second kappa shape index (κ2) is 7.33. The van der Waals surface area contributed by atoms with Crippen LogP contribution in [0.4, 0.5) is 5.69 Å². The molecule has 5 heteroatoms. The number of aromatic amines is 1. The van der Waals surface area contributed by atoms with E-state index in [9.17, 15) is 4.79 Å². The minimum Gasteiger partial charge on any atom is -0.377 e. The first-order valence-corrected chi connectivity index (χ1v) is 9.51. The van der Waals surface area contributed by atoms with Crippen LogP contribution in [0.3, 0.4) is 0 Å². The van der Waals surface area contributed by atoms with Crippen LogP contribution >= 0.6 is 11.8 Å². The molecule has 4 rings (SSSR count). The Hall–Kier alpha value is -2.24. The molecule has 0 bridgehead atoms. The number of H-pyrrole nitrogens is 1. The summed E-state index contributed by atoms with van der Waals surface area (Å²) < 4.78 is 5.69. The topological polar surface area (TPSA) is 54.1 Å². The molecular weight excluding hydrogens is 332 g/mol. The molecule has 25 heavy (non-hydrogen) atoms. The average molecular weight is 352 g/mol. The quantitative estimate of drug-likeness (QED) is 0.655. The molecule has 2 aromatic carbocycles. The lowest BCUT2D eigenvalue weighted by molar-refractivity contribution is 0.102. The number of carbonyl (C=O) groups is 1. The van der Waals surface area contributed by atoms with Crippen LogP contribution in [-0.2, 0) is 4.74 Å². The molecule has 2 heterocycles. The fourth-order valence-corrected chi connectivity index (χ4v) is 4.24. The molecule has 0 radical (unpaired) electrons. The number of hydrogen-bond donors (Lipinski definition) is 2. The summed E-state index contributed by atoms with van der Waals surface area (Å²) in [4.78, 5) is 17.0. The van der Waals surface area contributed by atoms with E-state index in [1.165, 1.54) is 0 Å². The molecule has 3 aromatic rings. The molecule has 0 spiro atoms. The van der Waals surface area contributed by atoms with Crippen molar-refractivity contribution in [2.45, 2.75) is 23.8 Å². The van der Waals surface area contributed by atoms with Crippen LogP contribution in [0.15, 0.2) is 59.6 Å². The van der Waals surface area contributed by atoms with Crippen LogP contribution in [0, 0.1) is 0 Å². The zero-order valence-corrected chi connectivity index (χ0v) is 14.6.